The Labute approximate surface area is 110 Å². The number of hydrogen-bond acceptors (Lipinski definition) is 4. The molecule has 5 nitrogen and oxygen atoms in total. The highest BCUT2D eigenvalue weighted by Gasteiger charge is 2.22. The van der Waals surface area contributed by atoms with Gasteiger partial charge in [0.05, 0.1) is 11.2 Å². The fourth-order valence-corrected chi connectivity index (χ4v) is 2.38. The molecule has 1 aromatic rings. The Balaban J connectivity index is 2.69. The molecule has 0 saturated carbocycles. The molecule has 0 saturated heterocycles. The van der Waals surface area contributed by atoms with Gasteiger partial charge in [-0.3, -0.25) is 4.79 Å². The Morgan fingerprint density at radius 2 is 2.22 bits per heavy atom. The molecule has 100 valence electrons. The standard InChI is InChI=1S/C12H18N2O3S/c1-3-5-6-9(12(16)17)14-11(15)10-8(4-2)13-7-18-10/h7,9H,3-6H2,1-2H3,(H,14,15)(H,16,17). The minimum Gasteiger partial charge on any atom is -0.480 e. The van der Waals surface area contributed by atoms with E-state index in [0.29, 0.717) is 17.7 Å². The first kappa shape index (κ1) is 14.6. The second-order valence-corrected chi connectivity index (χ2v) is 4.84. The number of rotatable bonds is 7. The van der Waals surface area contributed by atoms with Crippen molar-refractivity contribution in [1.82, 2.24) is 10.3 Å². The molecule has 1 aromatic heterocycles. The van der Waals surface area contributed by atoms with Crippen LogP contribution in [0.3, 0.4) is 0 Å². The molecule has 0 bridgehead atoms. The molecule has 0 radical (unpaired) electrons. The average molecular weight is 270 g/mol. The molecule has 1 unspecified atom stereocenters. The number of carbonyl (C=O) groups is 2. The van der Waals surface area contributed by atoms with E-state index in [0.717, 1.165) is 18.5 Å². The number of aryl methyl sites for hydroxylation is 1. The fraction of sp³-hybridized carbons (Fsp3) is 0.583. The van der Waals surface area contributed by atoms with Gasteiger partial charge < -0.3 is 10.4 Å². The van der Waals surface area contributed by atoms with Crippen LogP contribution in [-0.2, 0) is 11.2 Å². The van der Waals surface area contributed by atoms with Gasteiger partial charge in [0, 0.05) is 0 Å². The molecule has 1 rings (SSSR count). The van der Waals surface area contributed by atoms with Gasteiger partial charge in [0.25, 0.3) is 5.91 Å². The van der Waals surface area contributed by atoms with Crippen LogP contribution in [0, 0.1) is 0 Å². The normalized spacial score (nSPS) is 12.1. The predicted octanol–water partition coefficient (Wildman–Crippen LogP) is 2.08. The van der Waals surface area contributed by atoms with Crippen LogP contribution in [0.25, 0.3) is 0 Å². The maximum Gasteiger partial charge on any atom is 0.326 e. The molecular formula is C12H18N2O3S. The predicted molar refractivity (Wildman–Crippen MR) is 69.9 cm³/mol. The number of nitrogens with one attached hydrogen (secondary N) is 1. The fourth-order valence-electron chi connectivity index (χ4n) is 1.60. The van der Waals surface area contributed by atoms with Crippen LogP contribution in [0.1, 0.15) is 48.5 Å². The molecule has 0 aliphatic rings. The van der Waals surface area contributed by atoms with Crippen LogP contribution in [0.5, 0.6) is 0 Å². The second-order valence-electron chi connectivity index (χ2n) is 3.99. The van der Waals surface area contributed by atoms with Crippen LogP contribution >= 0.6 is 11.3 Å². The lowest BCUT2D eigenvalue weighted by Crippen LogP contribution is -2.40. The Hall–Kier alpha value is -1.43. The molecule has 0 aliphatic heterocycles. The summed E-state index contributed by atoms with van der Waals surface area (Å²) in [5.74, 6) is -1.32. The molecule has 6 heteroatoms. The summed E-state index contributed by atoms with van der Waals surface area (Å²) < 4.78 is 0. The first-order valence-electron chi connectivity index (χ1n) is 6.06. The van der Waals surface area contributed by atoms with Crippen molar-refractivity contribution in [3.8, 4) is 0 Å². The Morgan fingerprint density at radius 1 is 1.50 bits per heavy atom. The quantitative estimate of drug-likeness (QED) is 0.795. The van der Waals surface area contributed by atoms with Crippen molar-refractivity contribution >= 4 is 23.2 Å². The Bertz CT molecular complexity index is 417. The van der Waals surface area contributed by atoms with Gasteiger partial charge in [-0.15, -0.1) is 11.3 Å². The highest BCUT2D eigenvalue weighted by atomic mass is 32.1. The van der Waals surface area contributed by atoms with E-state index in [-0.39, 0.29) is 5.91 Å². The molecule has 2 N–H and O–H groups in total. The molecule has 0 spiro atoms. The van der Waals surface area contributed by atoms with Crippen molar-refractivity contribution in [3.05, 3.63) is 16.1 Å². The van der Waals surface area contributed by atoms with Crippen molar-refractivity contribution in [3.63, 3.8) is 0 Å². The molecule has 0 aliphatic carbocycles. The van der Waals surface area contributed by atoms with E-state index in [9.17, 15) is 9.59 Å². The summed E-state index contributed by atoms with van der Waals surface area (Å²) in [5.41, 5.74) is 2.33. The number of carboxylic acids is 1. The third-order valence-corrected chi connectivity index (χ3v) is 3.50. The zero-order valence-electron chi connectivity index (χ0n) is 10.6. The van der Waals surface area contributed by atoms with Gasteiger partial charge in [0.2, 0.25) is 0 Å². The summed E-state index contributed by atoms with van der Waals surface area (Å²) in [6.07, 6.45) is 2.80. The summed E-state index contributed by atoms with van der Waals surface area (Å²) in [6.45, 7) is 3.90. The number of unbranched alkanes of at least 4 members (excludes halogenated alkanes) is 1. The number of hydrogen-bond donors (Lipinski definition) is 2. The lowest BCUT2D eigenvalue weighted by molar-refractivity contribution is -0.139. The van der Waals surface area contributed by atoms with Gasteiger partial charge in [0.15, 0.2) is 0 Å². The summed E-state index contributed by atoms with van der Waals surface area (Å²) in [4.78, 5) is 27.6. The first-order chi connectivity index (χ1) is 8.60. The topological polar surface area (TPSA) is 79.3 Å². The number of carbonyl (C=O) groups excluding carboxylic acids is 1. The molecule has 0 aromatic carbocycles. The largest absolute Gasteiger partial charge is 0.480 e. The highest BCUT2D eigenvalue weighted by Crippen LogP contribution is 2.14. The number of aliphatic carboxylic acids is 1. The van der Waals surface area contributed by atoms with E-state index in [1.807, 2.05) is 13.8 Å². The number of amides is 1. The van der Waals surface area contributed by atoms with Crippen LogP contribution in [0.2, 0.25) is 0 Å². The van der Waals surface area contributed by atoms with Crippen molar-refractivity contribution in [1.29, 1.82) is 0 Å². The molecule has 18 heavy (non-hydrogen) atoms. The maximum atomic E-state index is 12.0. The number of thiazole rings is 1. The second kappa shape index (κ2) is 7.10. The van der Waals surface area contributed by atoms with Crippen LogP contribution in [0.15, 0.2) is 5.51 Å². The number of nitrogens with zero attached hydrogens (tertiary/aromatic N) is 1. The van der Waals surface area contributed by atoms with Gasteiger partial charge in [-0.1, -0.05) is 26.7 Å². The minimum atomic E-state index is -0.987. The maximum absolute atomic E-state index is 12.0. The third-order valence-electron chi connectivity index (χ3n) is 2.63. The van der Waals surface area contributed by atoms with Gasteiger partial charge in [-0.05, 0) is 12.8 Å². The van der Waals surface area contributed by atoms with Crippen LogP contribution < -0.4 is 5.32 Å². The molecular weight excluding hydrogens is 252 g/mol. The van der Waals surface area contributed by atoms with Crippen LogP contribution in [0.4, 0.5) is 0 Å². The van der Waals surface area contributed by atoms with Crippen molar-refractivity contribution in [2.24, 2.45) is 0 Å². The summed E-state index contributed by atoms with van der Waals surface area (Å²) >= 11 is 1.24. The summed E-state index contributed by atoms with van der Waals surface area (Å²) in [6, 6.07) is -0.816. The van der Waals surface area contributed by atoms with Gasteiger partial charge in [-0.2, -0.15) is 0 Å². The molecule has 1 atom stereocenters. The average Bonchev–Trinajstić information content (AvgIpc) is 2.82. The van der Waals surface area contributed by atoms with Gasteiger partial charge in [0.1, 0.15) is 10.9 Å². The van der Waals surface area contributed by atoms with E-state index in [1.54, 1.807) is 5.51 Å². The summed E-state index contributed by atoms with van der Waals surface area (Å²) in [7, 11) is 0. The third kappa shape index (κ3) is 3.80. The zero-order chi connectivity index (χ0) is 13.5. The van der Waals surface area contributed by atoms with E-state index in [4.69, 9.17) is 5.11 Å². The van der Waals surface area contributed by atoms with Crippen molar-refractivity contribution < 1.29 is 14.7 Å². The van der Waals surface area contributed by atoms with Crippen molar-refractivity contribution in [2.45, 2.75) is 45.6 Å². The van der Waals surface area contributed by atoms with Gasteiger partial charge >= 0.3 is 5.97 Å². The monoisotopic (exact) mass is 270 g/mol. The van der Waals surface area contributed by atoms with Crippen molar-refractivity contribution in [2.75, 3.05) is 0 Å². The van der Waals surface area contributed by atoms with E-state index in [1.165, 1.54) is 11.3 Å². The van der Waals surface area contributed by atoms with Crippen LogP contribution in [-0.4, -0.2) is 28.0 Å². The summed E-state index contributed by atoms with van der Waals surface area (Å²) in [5, 5.41) is 11.6. The zero-order valence-corrected chi connectivity index (χ0v) is 11.4. The number of carboxylic acid groups (broad SMARTS) is 1. The van der Waals surface area contributed by atoms with Gasteiger partial charge in [-0.25, -0.2) is 9.78 Å². The molecule has 1 amide bonds. The van der Waals surface area contributed by atoms with E-state index >= 15 is 0 Å². The molecule has 1 heterocycles. The Kier molecular flexibility index (Phi) is 5.77. The highest BCUT2D eigenvalue weighted by molar-refractivity contribution is 7.11. The van der Waals surface area contributed by atoms with E-state index < -0.39 is 12.0 Å². The SMILES string of the molecule is CCCCC(NC(=O)c1scnc1CC)C(=O)O. The minimum absolute atomic E-state index is 0.335. The number of aromatic nitrogens is 1. The molecule has 0 fully saturated rings. The lowest BCUT2D eigenvalue weighted by atomic mass is 10.1. The lowest BCUT2D eigenvalue weighted by Gasteiger charge is -2.13. The van der Waals surface area contributed by atoms with E-state index in [2.05, 4.69) is 10.3 Å². The smallest absolute Gasteiger partial charge is 0.326 e. The Morgan fingerprint density at radius 3 is 2.78 bits per heavy atom. The first-order valence-corrected chi connectivity index (χ1v) is 6.94.